The summed E-state index contributed by atoms with van der Waals surface area (Å²) in [5, 5.41) is 0. The maximum Gasteiger partial charge on any atom is 0.133 e. The fraction of sp³-hybridized carbons (Fsp3) is 0.692. The Kier molecular flexibility index (Phi) is 5.89. The molecule has 0 fully saturated rings. The standard InChI is InChI=1S/C13H22BrN3/c1-5-7-12-15-11(14)8-13(16-12)17(4)9-10(3)6-2/h8,10H,5-7,9H2,1-4H3. The molecule has 0 aliphatic heterocycles. The molecule has 0 saturated heterocycles. The molecule has 3 nitrogen and oxygen atoms in total. The number of aryl methyl sites for hydroxylation is 1. The molecule has 0 aliphatic carbocycles. The number of anilines is 1. The number of aromatic nitrogens is 2. The van der Waals surface area contributed by atoms with Crippen LogP contribution in [0.25, 0.3) is 0 Å². The fourth-order valence-electron chi connectivity index (χ4n) is 1.67. The molecule has 0 aliphatic rings. The Morgan fingerprint density at radius 2 is 2.06 bits per heavy atom. The lowest BCUT2D eigenvalue weighted by molar-refractivity contribution is 0.557. The molecule has 0 amide bonds. The quantitative estimate of drug-likeness (QED) is 0.751. The Morgan fingerprint density at radius 1 is 1.35 bits per heavy atom. The molecule has 1 aromatic rings. The molecular formula is C13H22BrN3. The topological polar surface area (TPSA) is 29.0 Å². The lowest BCUT2D eigenvalue weighted by atomic mass is 10.1. The Balaban J connectivity index is 2.81. The van der Waals surface area contributed by atoms with E-state index >= 15 is 0 Å². The maximum atomic E-state index is 4.60. The van der Waals surface area contributed by atoms with Gasteiger partial charge in [0.25, 0.3) is 0 Å². The fourth-order valence-corrected chi connectivity index (χ4v) is 2.08. The third-order valence-electron chi connectivity index (χ3n) is 2.87. The van der Waals surface area contributed by atoms with Gasteiger partial charge in [0.2, 0.25) is 0 Å². The van der Waals surface area contributed by atoms with E-state index < -0.39 is 0 Å². The van der Waals surface area contributed by atoms with Crippen molar-refractivity contribution in [1.29, 1.82) is 0 Å². The predicted molar refractivity (Wildman–Crippen MR) is 76.5 cm³/mol. The molecule has 0 bridgehead atoms. The van der Waals surface area contributed by atoms with Crippen molar-refractivity contribution in [1.82, 2.24) is 9.97 Å². The number of halogens is 1. The van der Waals surface area contributed by atoms with Crippen LogP contribution in [0, 0.1) is 5.92 Å². The predicted octanol–water partition coefficient (Wildman–Crippen LogP) is 3.67. The van der Waals surface area contributed by atoms with Gasteiger partial charge >= 0.3 is 0 Å². The molecule has 4 heteroatoms. The van der Waals surface area contributed by atoms with E-state index in [-0.39, 0.29) is 0 Å². The van der Waals surface area contributed by atoms with Crippen LogP contribution in [0.2, 0.25) is 0 Å². The Bertz CT molecular complexity index is 355. The van der Waals surface area contributed by atoms with Crippen LogP contribution in [0.15, 0.2) is 10.7 Å². The Morgan fingerprint density at radius 3 is 2.65 bits per heavy atom. The third-order valence-corrected chi connectivity index (χ3v) is 3.28. The summed E-state index contributed by atoms with van der Waals surface area (Å²) in [7, 11) is 2.09. The van der Waals surface area contributed by atoms with Crippen molar-refractivity contribution in [2.24, 2.45) is 5.92 Å². The van der Waals surface area contributed by atoms with E-state index in [2.05, 4.69) is 58.6 Å². The van der Waals surface area contributed by atoms with E-state index in [4.69, 9.17) is 0 Å². The zero-order chi connectivity index (χ0) is 12.8. The van der Waals surface area contributed by atoms with Crippen molar-refractivity contribution in [2.75, 3.05) is 18.5 Å². The van der Waals surface area contributed by atoms with Crippen molar-refractivity contribution in [3.8, 4) is 0 Å². The first-order valence-electron chi connectivity index (χ1n) is 6.31. The highest BCUT2D eigenvalue weighted by Gasteiger charge is 2.09. The Labute approximate surface area is 113 Å². The second kappa shape index (κ2) is 6.94. The number of nitrogens with zero attached hydrogens (tertiary/aromatic N) is 3. The number of rotatable bonds is 6. The van der Waals surface area contributed by atoms with Gasteiger partial charge < -0.3 is 4.90 Å². The van der Waals surface area contributed by atoms with E-state index in [1.165, 1.54) is 6.42 Å². The smallest absolute Gasteiger partial charge is 0.133 e. The van der Waals surface area contributed by atoms with Crippen molar-refractivity contribution in [2.45, 2.75) is 40.0 Å². The molecule has 0 saturated carbocycles. The summed E-state index contributed by atoms with van der Waals surface area (Å²) in [4.78, 5) is 11.2. The zero-order valence-electron chi connectivity index (χ0n) is 11.2. The molecule has 1 unspecified atom stereocenters. The van der Waals surface area contributed by atoms with Crippen molar-refractivity contribution in [3.05, 3.63) is 16.5 Å². The molecule has 1 heterocycles. The summed E-state index contributed by atoms with van der Waals surface area (Å²) in [5.41, 5.74) is 0. The molecule has 17 heavy (non-hydrogen) atoms. The third kappa shape index (κ3) is 4.62. The summed E-state index contributed by atoms with van der Waals surface area (Å²) in [6.45, 7) is 7.66. The van der Waals surface area contributed by atoms with E-state index in [9.17, 15) is 0 Å². The molecule has 0 N–H and O–H groups in total. The van der Waals surface area contributed by atoms with Gasteiger partial charge in [-0.25, -0.2) is 9.97 Å². The van der Waals surface area contributed by atoms with Gasteiger partial charge in [-0.2, -0.15) is 0 Å². The molecule has 96 valence electrons. The van der Waals surface area contributed by atoms with Crippen molar-refractivity contribution >= 4 is 21.7 Å². The minimum Gasteiger partial charge on any atom is -0.359 e. The highest BCUT2D eigenvalue weighted by Crippen LogP contribution is 2.17. The minimum atomic E-state index is 0.684. The second-order valence-corrected chi connectivity index (χ2v) is 5.42. The van der Waals surface area contributed by atoms with Gasteiger partial charge in [0.1, 0.15) is 16.2 Å². The number of hydrogen-bond donors (Lipinski definition) is 0. The SMILES string of the molecule is CCCc1nc(Br)cc(N(C)CC(C)CC)n1. The summed E-state index contributed by atoms with van der Waals surface area (Å²) in [5.74, 6) is 2.62. The van der Waals surface area contributed by atoms with Gasteiger partial charge in [-0.1, -0.05) is 27.2 Å². The summed E-state index contributed by atoms with van der Waals surface area (Å²) in [6, 6.07) is 1.99. The van der Waals surface area contributed by atoms with Crippen LogP contribution in [-0.2, 0) is 6.42 Å². The van der Waals surface area contributed by atoms with E-state index in [1.807, 2.05) is 6.07 Å². The molecular weight excluding hydrogens is 278 g/mol. The summed E-state index contributed by atoms with van der Waals surface area (Å²) >= 11 is 3.46. The molecule has 1 atom stereocenters. The maximum absolute atomic E-state index is 4.60. The monoisotopic (exact) mass is 299 g/mol. The lowest BCUT2D eigenvalue weighted by Crippen LogP contribution is -2.25. The minimum absolute atomic E-state index is 0.684. The van der Waals surface area contributed by atoms with Crippen LogP contribution in [0.5, 0.6) is 0 Å². The zero-order valence-corrected chi connectivity index (χ0v) is 12.8. The normalized spacial score (nSPS) is 12.5. The summed E-state index contributed by atoms with van der Waals surface area (Å²) in [6.07, 6.45) is 3.20. The van der Waals surface area contributed by atoms with Gasteiger partial charge in [0, 0.05) is 26.1 Å². The molecule has 0 spiro atoms. The molecule has 0 aromatic carbocycles. The average molecular weight is 300 g/mol. The van der Waals surface area contributed by atoms with Gasteiger partial charge in [0.05, 0.1) is 0 Å². The first-order valence-corrected chi connectivity index (χ1v) is 7.10. The van der Waals surface area contributed by atoms with Crippen LogP contribution in [-0.4, -0.2) is 23.6 Å². The van der Waals surface area contributed by atoms with E-state index in [1.54, 1.807) is 0 Å². The number of hydrogen-bond acceptors (Lipinski definition) is 3. The molecule has 0 radical (unpaired) electrons. The molecule has 1 aromatic heterocycles. The van der Waals surface area contributed by atoms with Gasteiger partial charge in [-0.3, -0.25) is 0 Å². The van der Waals surface area contributed by atoms with E-state index in [0.717, 1.165) is 35.6 Å². The highest BCUT2D eigenvalue weighted by atomic mass is 79.9. The van der Waals surface area contributed by atoms with E-state index in [0.29, 0.717) is 5.92 Å². The van der Waals surface area contributed by atoms with Crippen molar-refractivity contribution < 1.29 is 0 Å². The Hall–Kier alpha value is -0.640. The second-order valence-electron chi connectivity index (χ2n) is 4.61. The van der Waals surface area contributed by atoms with Crippen molar-refractivity contribution in [3.63, 3.8) is 0 Å². The first kappa shape index (κ1) is 14.4. The largest absolute Gasteiger partial charge is 0.359 e. The van der Waals surface area contributed by atoms with Gasteiger partial charge in [0.15, 0.2) is 0 Å². The van der Waals surface area contributed by atoms with Crippen LogP contribution < -0.4 is 4.90 Å². The van der Waals surface area contributed by atoms with Crippen LogP contribution in [0.1, 0.15) is 39.4 Å². The van der Waals surface area contributed by atoms with Crippen LogP contribution in [0.3, 0.4) is 0 Å². The van der Waals surface area contributed by atoms with Gasteiger partial charge in [-0.05, 0) is 28.3 Å². The first-order chi connectivity index (χ1) is 8.06. The van der Waals surface area contributed by atoms with Crippen LogP contribution in [0.4, 0.5) is 5.82 Å². The molecule has 1 rings (SSSR count). The summed E-state index contributed by atoms with van der Waals surface area (Å²) < 4.78 is 0.877. The van der Waals surface area contributed by atoms with Crippen LogP contribution >= 0.6 is 15.9 Å². The highest BCUT2D eigenvalue weighted by molar-refractivity contribution is 9.10. The average Bonchev–Trinajstić information content (AvgIpc) is 2.28. The van der Waals surface area contributed by atoms with Gasteiger partial charge in [-0.15, -0.1) is 0 Å². The lowest BCUT2D eigenvalue weighted by Gasteiger charge is -2.22.